The van der Waals surface area contributed by atoms with Crippen molar-refractivity contribution in [3.8, 4) is 5.75 Å². The third kappa shape index (κ3) is 3.11. The molecule has 2 aromatic rings. The molecule has 0 aliphatic carbocycles. The third-order valence-electron chi connectivity index (χ3n) is 5.52. The first-order valence-corrected chi connectivity index (χ1v) is 9.74. The number of hydrogen-bond donors (Lipinski definition) is 1. The van der Waals surface area contributed by atoms with Gasteiger partial charge in [0, 0.05) is 5.69 Å². The van der Waals surface area contributed by atoms with Crippen LogP contribution in [0, 0.1) is 0 Å². The first kappa shape index (κ1) is 18.6. The highest BCUT2D eigenvalue weighted by molar-refractivity contribution is 6.05. The van der Waals surface area contributed by atoms with E-state index in [2.05, 4.69) is 0 Å². The van der Waals surface area contributed by atoms with Crippen molar-refractivity contribution < 1.29 is 28.8 Å². The van der Waals surface area contributed by atoms with E-state index in [4.69, 9.17) is 18.9 Å². The number of carbonyl (C=O) groups is 1. The Morgan fingerprint density at radius 3 is 2.28 bits per heavy atom. The largest absolute Gasteiger partial charge is 0.478 e. The van der Waals surface area contributed by atoms with E-state index in [9.17, 15) is 9.90 Å². The van der Waals surface area contributed by atoms with E-state index in [0.717, 1.165) is 5.69 Å². The molecule has 3 fully saturated rings. The summed E-state index contributed by atoms with van der Waals surface area (Å²) in [7, 11) is 0. The van der Waals surface area contributed by atoms with Crippen LogP contribution in [0.5, 0.6) is 5.75 Å². The van der Waals surface area contributed by atoms with Crippen LogP contribution in [0.15, 0.2) is 60.7 Å². The summed E-state index contributed by atoms with van der Waals surface area (Å²) in [5.74, 6) is -0.416. The number of nitrogens with zero attached hydrogens (tertiary/aromatic N) is 1. The number of aliphatic hydroxyl groups excluding tert-OH is 1. The number of amides is 1. The fourth-order valence-electron chi connectivity index (χ4n) is 4.25. The second-order valence-corrected chi connectivity index (χ2v) is 7.95. The van der Waals surface area contributed by atoms with Crippen LogP contribution in [0.4, 0.5) is 5.69 Å². The molecule has 3 saturated heterocycles. The molecule has 6 atom stereocenters. The molecule has 0 saturated carbocycles. The molecule has 7 nitrogen and oxygen atoms in total. The number of aliphatic hydroxyl groups is 1. The fourth-order valence-corrected chi connectivity index (χ4v) is 4.25. The summed E-state index contributed by atoms with van der Waals surface area (Å²) in [4.78, 5) is 14.6. The molecular weight excluding hydrogens is 374 g/mol. The number of hydrogen-bond acceptors (Lipinski definition) is 6. The normalized spacial score (nSPS) is 35.3. The highest BCUT2D eigenvalue weighted by Crippen LogP contribution is 2.43. The fraction of sp³-hybridized carbons (Fsp3) is 0.409. The van der Waals surface area contributed by atoms with E-state index in [1.54, 1.807) is 30.9 Å². The van der Waals surface area contributed by atoms with Crippen molar-refractivity contribution in [3.63, 3.8) is 0 Å². The van der Waals surface area contributed by atoms with Crippen molar-refractivity contribution in [3.05, 3.63) is 60.7 Å². The quantitative estimate of drug-likeness (QED) is 0.796. The van der Waals surface area contributed by atoms with E-state index in [1.165, 1.54) is 0 Å². The Morgan fingerprint density at radius 2 is 1.62 bits per heavy atom. The first-order valence-electron chi connectivity index (χ1n) is 9.74. The SMILES string of the molecule is CC1(C)O[C@H]2O[C@H]([C@@H]3[C@H](Oc4ccccc4)C(=O)N3c3ccccc3)[C@H](O)[C@H]2O1. The molecule has 29 heavy (non-hydrogen) atoms. The lowest BCUT2D eigenvalue weighted by Gasteiger charge is -2.49. The van der Waals surface area contributed by atoms with Gasteiger partial charge in [-0.1, -0.05) is 36.4 Å². The van der Waals surface area contributed by atoms with Gasteiger partial charge in [0.05, 0.1) is 0 Å². The highest BCUT2D eigenvalue weighted by atomic mass is 16.8. The molecule has 0 spiro atoms. The zero-order valence-electron chi connectivity index (χ0n) is 16.2. The van der Waals surface area contributed by atoms with Gasteiger partial charge in [-0.3, -0.25) is 9.69 Å². The lowest BCUT2D eigenvalue weighted by atomic mass is 9.88. The van der Waals surface area contributed by atoms with E-state index in [0.29, 0.717) is 5.75 Å². The summed E-state index contributed by atoms with van der Waals surface area (Å²) in [6.07, 6.45) is -3.72. The number of carbonyl (C=O) groups excluding carboxylic acids is 1. The molecular formula is C22H23NO6. The van der Waals surface area contributed by atoms with E-state index < -0.39 is 42.5 Å². The van der Waals surface area contributed by atoms with Crippen LogP contribution in [-0.2, 0) is 19.0 Å². The van der Waals surface area contributed by atoms with Crippen molar-refractivity contribution in [1.82, 2.24) is 0 Å². The molecule has 5 rings (SSSR count). The van der Waals surface area contributed by atoms with Crippen LogP contribution in [0.3, 0.4) is 0 Å². The molecule has 3 aliphatic heterocycles. The maximum Gasteiger partial charge on any atom is 0.270 e. The van der Waals surface area contributed by atoms with Crippen molar-refractivity contribution in [2.75, 3.05) is 4.90 Å². The minimum Gasteiger partial charge on any atom is -0.478 e. The van der Waals surface area contributed by atoms with Gasteiger partial charge < -0.3 is 24.1 Å². The molecule has 1 amide bonds. The maximum atomic E-state index is 13.0. The highest BCUT2D eigenvalue weighted by Gasteiger charge is 2.63. The summed E-state index contributed by atoms with van der Waals surface area (Å²) in [6.45, 7) is 3.56. The van der Waals surface area contributed by atoms with Crippen LogP contribution in [-0.4, -0.2) is 53.5 Å². The van der Waals surface area contributed by atoms with Gasteiger partial charge in [0.1, 0.15) is 30.1 Å². The Labute approximate surface area is 168 Å². The van der Waals surface area contributed by atoms with Crippen molar-refractivity contribution >= 4 is 11.6 Å². The summed E-state index contributed by atoms with van der Waals surface area (Å²) in [5, 5.41) is 10.9. The van der Waals surface area contributed by atoms with E-state index in [1.807, 2.05) is 48.5 Å². The van der Waals surface area contributed by atoms with Gasteiger partial charge in [0.2, 0.25) is 6.10 Å². The minimum atomic E-state index is -0.951. The predicted molar refractivity (Wildman–Crippen MR) is 103 cm³/mol. The van der Waals surface area contributed by atoms with E-state index >= 15 is 0 Å². The van der Waals surface area contributed by atoms with Gasteiger partial charge in [-0.05, 0) is 38.1 Å². The molecule has 3 aliphatic rings. The zero-order valence-corrected chi connectivity index (χ0v) is 16.2. The van der Waals surface area contributed by atoms with Crippen LogP contribution in [0.25, 0.3) is 0 Å². The average molecular weight is 397 g/mol. The lowest BCUT2D eigenvalue weighted by Crippen LogP contribution is -2.73. The number of ether oxygens (including phenoxy) is 4. The monoisotopic (exact) mass is 397 g/mol. The van der Waals surface area contributed by atoms with Gasteiger partial charge in [-0.25, -0.2) is 0 Å². The Morgan fingerprint density at radius 1 is 0.966 bits per heavy atom. The topological polar surface area (TPSA) is 77.5 Å². The summed E-state index contributed by atoms with van der Waals surface area (Å²) in [5.41, 5.74) is 0.727. The van der Waals surface area contributed by atoms with Gasteiger partial charge in [0.25, 0.3) is 5.91 Å². The Kier molecular flexibility index (Phi) is 4.36. The Balaban J connectivity index is 1.44. The van der Waals surface area contributed by atoms with E-state index in [-0.39, 0.29) is 5.91 Å². The van der Waals surface area contributed by atoms with Crippen LogP contribution in [0.2, 0.25) is 0 Å². The zero-order chi connectivity index (χ0) is 20.2. The number of anilines is 1. The molecule has 0 unspecified atom stereocenters. The number of para-hydroxylation sites is 2. The lowest BCUT2D eigenvalue weighted by molar-refractivity contribution is -0.221. The smallest absolute Gasteiger partial charge is 0.270 e. The molecule has 0 bridgehead atoms. The molecule has 0 radical (unpaired) electrons. The predicted octanol–water partition coefficient (Wildman–Crippen LogP) is 2.09. The molecule has 7 heteroatoms. The number of β-lactam (4-membered cyclic amide) rings is 1. The summed E-state index contributed by atoms with van der Waals surface area (Å²) >= 11 is 0. The second-order valence-electron chi connectivity index (χ2n) is 7.95. The number of rotatable bonds is 4. The minimum absolute atomic E-state index is 0.180. The van der Waals surface area contributed by atoms with Gasteiger partial charge in [-0.15, -0.1) is 0 Å². The molecule has 0 aromatic heterocycles. The molecule has 3 heterocycles. The molecule has 152 valence electrons. The molecule has 2 aromatic carbocycles. The van der Waals surface area contributed by atoms with Gasteiger partial charge in [0.15, 0.2) is 12.1 Å². The first-order chi connectivity index (χ1) is 13.9. The van der Waals surface area contributed by atoms with Gasteiger partial charge >= 0.3 is 0 Å². The Hall–Kier alpha value is -2.45. The summed E-state index contributed by atoms with van der Waals surface area (Å²) < 4.78 is 23.6. The third-order valence-corrected chi connectivity index (χ3v) is 5.52. The summed E-state index contributed by atoms with van der Waals surface area (Å²) in [6, 6.07) is 18.0. The molecule has 1 N–H and O–H groups in total. The average Bonchev–Trinajstić information content (AvgIpc) is 3.17. The van der Waals surface area contributed by atoms with Crippen molar-refractivity contribution in [1.29, 1.82) is 0 Å². The van der Waals surface area contributed by atoms with Gasteiger partial charge in [-0.2, -0.15) is 0 Å². The van der Waals surface area contributed by atoms with Crippen LogP contribution < -0.4 is 9.64 Å². The maximum absolute atomic E-state index is 13.0. The number of fused-ring (bicyclic) bond motifs is 1. The van der Waals surface area contributed by atoms with Crippen LogP contribution >= 0.6 is 0 Å². The Bertz CT molecular complexity index is 889. The number of benzene rings is 2. The standard InChI is InChI=1S/C22H23NO6/c1-22(2)28-19-16(24)17(27-21(19)29-22)15-18(26-14-11-7-4-8-12-14)20(25)23(15)13-9-5-3-6-10-13/h3-12,15-19,21,24H,1-2H3/t15-,16+,17-,18+,19-,21-/m1/s1. The van der Waals surface area contributed by atoms with Crippen molar-refractivity contribution in [2.45, 2.75) is 56.4 Å². The second kappa shape index (κ2) is 6.81. The van der Waals surface area contributed by atoms with Crippen molar-refractivity contribution in [2.24, 2.45) is 0 Å². The van der Waals surface area contributed by atoms with Crippen LogP contribution in [0.1, 0.15) is 13.8 Å².